The molecule has 1 aliphatic heterocycles. The summed E-state index contributed by atoms with van der Waals surface area (Å²) in [6.07, 6.45) is 3.23. The van der Waals surface area contributed by atoms with Crippen molar-refractivity contribution in [2.75, 3.05) is 13.7 Å². The summed E-state index contributed by atoms with van der Waals surface area (Å²) in [4.78, 5) is 35.1. The summed E-state index contributed by atoms with van der Waals surface area (Å²) in [6, 6.07) is 7.81. The number of nitro groups is 2. The van der Waals surface area contributed by atoms with E-state index >= 15 is 0 Å². The maximum atomic E-state index is 12.5. The SMILES string of the molecule is C=CCN1C(=O)/C(=C\c2ccc(Oc3ccc([N+](=O)[O-])cc3[N+](=O)[O-])c(OC)c2)SC1=S. The first-order chi connectivity index (χ1) is 15.2. The maximum absolute atomic E-state index is 12.5. The van der Waals surface area contributed by atoms with Gasteiger partial charge in [0.1, 0.15) is 4.32 Å². The normalized spacial score (nSPS) is 14.5. The minimum atomic E-state index is -0.769. The van der Waals surface area contributed by atoms with Gasteiger partial charge in [0, 0.05) is 12.6 Å². The first-order valence-electron chi connectivity index (χ1n) is 8.90. The van der Waals surface area contributed by atoms with Crippen molar-refractivity contribution in [2.45, 2.75) is 0 Å². The highest BCUT2D eigenvalue weighted by Gasteiger charge is 2.31. The summed E-state index contributed by atoms with van der Waals surface area (Å²) in [7, 11) is 1.39. The average molecular weight is 473 g/mol. The van der Waals surface area contributed by atoms with Crippen molar-refractivity contribution < 1.29 is 24.1 Å². The van der Waals surface area contributed by atoms with Crippen LogP contribution in [0.3, 0.4) is 0 Å². The Morgan fingerprint density at radius 3 is 2.47 bits per heavy atom. The van der Waals surface area contributed by atoms with E-state index in [0.29, 0.717) is 21.3 Å². The van der Waals surface area contributed by atoms with Gasteiger partial charge in [-0.05, 0) is 29.8 Å². The van der Waals surface area contributed by atoms with Crippen molar-refractivity contribution in [3.63, 3.8) is 0 Å². The fourth-order valence-corrected chi connectivity index (χ4v) is 4.04. The fourth-order valence-electron chi connectivity index (χ4n) is 2.76. The molecule has 1 aliphatic rings. The molecule has 12 heteroatoms. The number of carbonyl (C=O) groups is 1. The van der Waals surface area contributed by atoms with E-state index in [-0.39, 0.29) is 23.2 Å². The first kappa shape index (κ1) is 22.9. The number of nitrogens with zero attached hydrogens (tertiary/aromatic N) is 3. The summed E-state index contributed by atoms with van der Waals surface area (Å²) in [5.74, 6) is -0.0218. The molecule has 0 N–H and O–H groups in total. The Bertz CT molecular complexity index is 1180. The van der Waals surface area contributed by atoms with Crippen LogP contribution in [0.25, 0.3) is 6.08 Å². The van der Waals surface area contributed by atoms with Gasteiger partial charge in [-0.2, -0.15) is 0 Å². The largest absolute Gasteiger partial charge is 0.493 e. The topological polar surface area (TPSA) is 125 Å². The number of thiocarbonyl (C=S) groups is 1. The molecule has 0 unspecified atom stereocenters. The second-order valence-corrected chi connectivity index (χ2v) is 7.94. The molecule has 2 aromatic rings. The van der Waals surface area contributed by atoms with Crippen LogP contribution in [0.15, 0.2) is 54.0 Å². The third-order valence-electron chi connectivity index (χ3n) is 4.24. The van der Waals surface area contributed by atoms with Crippen LogP contribution in [0.2, 0.25) is 0 Å². The van der Waals surface area contributed by atoms with Crippen LogP contribution in [0.5, 0.6) is 17.2 Å². The lowest BCUT2D eigenvalue weighted by Crippen LogP contribution is -2.27. The number of benzene rings is 2. The average Bonchev–Trinajstić information content (AvgIpc) is 3.02. The predicted octanol–water partition coefficient (Wildman–Crippen LogP) is 4.69. The number of methoxy groups -OCH3 is 1. The molecule has 164 valence electrons. The first-order valence-corrected chi connectivity index (χ1v) is 10.1. The van der Waals surface area contributed by atoms with Gasteiger partial charge in [0.25, 0.3) is 11.6 Å². The van der Waals surface area contributed by atoms with E-state index in [1.807, 2.05) is 0 Å². The molecule has 10 nitrogen and oxygen atoms in total. The third kappa shape index (κ3) is 4.76. The minimum Gasteiger partial charge on any atom is -0.493 e. The number of hydrogen-bond donors (Lipinski definition) is 0. The lowest BCUT2D eigenvalue weighted by atomic mass is 10.1. The van der Waals surface area contributed by atoms with E-state index in [2.05, 4.69) is 6.58 Å². The molecule has 0 saturated carbocycles. The molecule has 32 heavy (non-hydrogen) atoms. The maximum Gasteiger partial charge on any atom is 0.318 e. The molecule has 1 saturated heterocycles. The quantitative estimate of drug-likeness (QED) is 0.176. The van der Waals surface area contributed by atoms with Crippen molar-refractivity contribution in [1.82, 2.24) is 4.90 Å². The number of non-ortho nitro benzene ring substituents is 1. The van der Waals surface area contributed by atoms with Gasteiger partial charge >= 0.3 is 5.69 Å². The number of hydrogen-bond acceptors (Lipinski definition) is 9. The van der Waals surface area contributed by atoms with Gasteiger partial charge < -0.3 is 9.47 Å². The molecular weight excluding hydrogens is 458 g/mol. The summed E-state index contributed by atoms with van der Waals surface area (Å²) in [5, 5.41) is 22.2. The third-order valence-corrected chi connectivity index (χ3v) is 5.62. The van der Waals surface area contributed by atoms with E-state index in [0.717, 1.165) is 30.0 Å². The van der Waals surface area contributed by atoms with Gasteiger partial charge in [-0.1, -0.05) is 36.1 Å². The van der Waals surface area contributed by atoms with Gasteiger partial charge in [0.05, 0.1) is 27.9 Å². The molecule has 1 heterocycles. The minimum absolute atomic E-state index is 0.154. The Hall–Kier alpha value is -3.77. The van der Waals surface area contributed by atoms with E-state index in [1.54, 1.807) is 24.3 Å². The van der Waals surface area contributed by atoms with E-state index in [1.165, 1.54) is 18.1 Å². The van der Waals surface area contributed by atoms with Crippen LogP contribution >= 0.6 is 24.0 Å². The Morgan fingerprint density at radius 2 is 1.84 bits per heavy atom. The molecule has 1 amide bonds. The Balaban J connectivity index is 1.91. The number of carbonyl (C=O) groups excluding carboxylic acids is 1. The highest BCUT2D eigenvalue weighted by atomic mass is 32.2. The lowest BCUT2D eigenvalue weighted by molar-refractivity contribution is -0.394. The van der Waals surface area contributed by atoms with Crippen molar-refractivity contribution in [1.29, 1.82) is 0 Å². The van der Waals surface area contributed by atoms with Crippen molar-refractivity contribution in [3.8, 4) is 17.2 Å². The zero-order chi connectivity index (χ0) is 23.4. The van der Waals surface area contributed by atoms with Crippen molar-refractivity contribution in [3.05, 3.63) is 79.8 Å². The van der Waals surface area contributed by atoms with E-state index in [4.69, 9.17) is 21.7 Å². The standard InChI is InChI=1S/C20H15N3O7S2/c1-3-8-21-19(24)18(32-20(21)31)10-12-4-6-16(17(9-12)29-2)30-15-7-5-13(22(25)26)11-14(15)23(27)28/h3-7,9-11H,1,8H2,2H3/b18-10+. The molecule has 0 radical (unpaired) electrons. The predicted molar refractivity (Wildman–Crippen MR) is 123 cm³/mol. The smallest absolute Gasteiger partial charge is 0.318 e. The van der Waals surface area contributed by atoms with Crippen LogP contribution < -0.4 is 9.47 Å². The Morgan fingerprint density at radius 1 is 1.12 bits per heavy atom. The van der Waals surface area contributed by atoms with Crippen LogP contribution in [0, 0.1) is 20.2 Å². The zero-order valence-corrected chi connectivity index (χ0v) is 18.2. The fraction of sp³-hybridized carbons (Fsp3) is 0.100. The summed E-state index contributed by atoms with van der Waals surface area (Å²) in [5.41, 5.74) is -0.372. The molecule has 2 aromatic carbocycles. The van der Waals surface area contributed by atoms with Crippen LogP contribution in [-0.2, 0) is 4.79 Å². The molecule has 0 atom stereocenters. The molecule has 3 rings (SSSR count). The number of amides is 1. The van der Waals surface area contributed by atoms with Crippen LogP contribution in [0.1, 0.15) is 5.56 Å². The number of nitro benzene ring substituents is 2. The number of thioether (sulfide) groups is 1. The monoisotopic (exact) mass is 473 g/mol. The lowest BCUT2D eigenvalue weighted by Gasteiger charge is -2.11. The van der Waals surface area contributed by atoms with Gasteiger partial charge in [0.15, 0.2) is 11.5 Å². The van der Waals surface area contributed by atoms with Crippen LogP contribution in [-0.4, -0.2) is 38.6 Å². The van der Waals surface area contributed by atoms with Crippen molar-refractivity contribution >= 4 is 51.7 Å². The van der Waals surface area contributed by atoms with Gasteiger partial charge in [-0.15, -0.1) is 6.58 Å². The van der Waals surface area contributed by atoms with E-state index in [9.17, 15) is 25.0 Å². The highest BCUT2D eigenvalue weighted by Crippen LogP contribution is 2.39. The highest BCUT2D eigenvalue weighted by molar-refractivity contribution is 8.26. The molecule has 0 aromatic heterocycles. The Labute approximate surface area is 191 Å². The number of rotatable bonds is 8. The van der Waals surface area contributed by atoms with E-state index < -0.39 is 21.2 Å². The summed E-state index contributed by atoms with van der Waals surface area (Å²) in [6.45, 7) is 3.92. The molecule has 0 spiro atoms. The van der Waals surface area contributed by atoms with Crippen LogP contribution in [0.4, 0.5) is 11.4 Å². The number of ether oxygens (including phenoxy) is 2. The molecule has 0 aliphatic carbocycles. The van der Waals surface area contributed by atoms with Gasteiger partial charge in [-0.3, -0.25) is 29.9 Å². The van der Waals surface area contributed by atoms with Gasteiger partial charge in [0.2, 0.25) is 5.75 Å². The second-order valence-electron chi connectivity index (χ2n) is 6.26. The summed E-state index contributed by atoms with van der Waals surface area (Å²) >= 11 is 6.38. The molecule has 1 fully saturated rings. The second kappa shape index (κ2) is 9.58. The zero-order valence-electron chi connectivity index (χ0n) is 16.5. The Kier molecular flexibility index (Phi) is 6.85. The summed E-state index contributed by atoms with van der Waals surface area (Å²) < 4.78 is 11.4. The van der Waals surface area contributed by atoms with Crippen molar-refractivity contribution in [2.24, 2.45) is 0 Å². The van der Waals surface area contributed by atoms with Gasteiger partial charge in [-0.25, -0.2) is 0 Å². The molecular formula is C20H15N3O7S2. The molecule has 0 bridgehead atoms.